The van der Waals surface area contributed by atoms with Gasteiger partial charge in [0, 0.05) is 25.0 Å². The van der Waals surface area contributed by atoms with Gasteiger partial charge in [0.05, 0.1) is 18.0 Å². The molecule has 3 rings (SSSR count). The maximum Gasteiger partial charge on any atom is 0.254 e. The minimum atomic E-state index is -1.52. The summed E-state index contributed by atoms with van der Waals surface area (Å²) in [4.78, 5) is 40.3. The first kappa shape index (κ1) is 28.4. The van der Waals surface area contributed by atoms with Gasteiger partial charge in [0.2, 0.25) is 11.8 Å². The van der Waals surface area contributed by atoms with E-state index in [1.807, 2.05) is 44.2 Å². The van der Waals surface area contributed by atoms with Gasteiger partial charge in [-0.25, -0.2) is 0 Å². The lowest BCUT2D eigenvalue weighted by atomic mass is 9.99. The Kier molecular flexibility index (Phi) is 11.5. The molecule has 1 aromatic carbocycles. The number of aliphatic hydroxyl groups is 1. The molecule has 9 nitrogen and oxygen atoms in total. The molecule has 3 amide bonds. The summed E-state index contributed by atoms with van der Waals surface area (Å²) in [6.07, 6.45) is 1.44. The molecule has 0 aromatic heterocycles. The zero-order valence-corrected chi connectivity index (χ0v) is 22.0. The van der Waals surface area contributed by atoms with E-state index in [2.05, 4.69) is 10.6 Å². The lowest BCUT2D eigenvalue weighted by Crippen LogP contribution is -2.55. The molecule has 2 saturated heterocycles. The van der Waals surface area contributed by atoms with Crippen LogP contribution < -0.4 is 10.6 Å². The van der Waals surface area contributed by atoms with E-state index < -0.39 is 24.2 Å². The Balaban J connectivity index is 1.68. The van der Waals surface area contributed by atoms with Crippen LogP contribution >= 0.6 is 11.8 Å². The summed E-state index contributed by atoms with van der Waals surface area (Å²) in [6, 6.07) is 8.52. The molecule has 36 heavy (non-hydrogen) atoms. The SMILES string of the molecule is CC(C)SCN(CC(=O)NC[C@H]1CCCO1)C(=O)[C@@H](O)[C@H](Cc1ccccc1)NC(=O)[C@@H]1CCCO1. The third-order valence-corrected chi connectivity index (χ3v) is 7.37. The number of carbonyl (C=O) groups excluding carboxylic acids is 3. The van der Waals surface area contributed by atoms with Crippen molar-refractivity contribution in [1.82, 2.24) is 15.5 Å². The fraction of sp³-hybridized carbons (Fsp3) is 0.654. The molecule has 4 atom stereocenters. The number of carbonyl (C=O) groups is 3. The van der Waals surface area contributed by atoms with Gasteiger partial charge < -0.3 is 30.1 Å². The van der Waals surface area contributed by atoms with Gasteiger partial charge in [-0.1, -0.05) is 44.2 Å². The predicted molar refractivity (Wildman–Crippen MR) is 138 cm³/mol. The van der Waals surface area contributed by atoms with Gasteiger partial charge in [0.25, 0.3) is 5.91 Å². The summed E-state index contributed by atoms with van der Waals surface area (Å²) in [5, 5.41) is 17.1. The van der Waals surface area contributed by atoms with Crippen molar-refractivity contribution >= 4 is 29.5 Å². The summed E-state index contributed by atoms with van der Waals surface area (Å²) >= 11 is 1.50. The van der Waals surface area contributed by atoms with Gasteiger partial charge in [0.15, 0.2) is 6.10 Å². The van der Waals surface area contributed by atoms with Crippen LogP contribution in [0.25, 0.3) is 0 Å². The highest BCUT2D eigenvalue weighted by Crippen LogP contribution is 2.17. The Labute approximate surface area is 217 Å². The molecule has 3 N–H and O–H groups in total. The summed E-state index contributed by atoms with van der Waals surface area (Å²) in [6.45, 7) is 5.43. The molecule has 0 unspecified atom stereocenters. The monoisotopic (exact) mass is 521 g/mol. The lowest BCUT2D eigenvalue weighted by Gasteiger charge is -2.30. The minimum Gasteiger partial charge on any atom is -0.381 e. The van der Waals surface area contributed by atoms with Crippen LogP contribution in [0, 0.1) is 0 Å². The van der Waals surface area contributed by atoms with Crippen molar-refractivity contribution in [2.45, 2.75) is 75.6 Å². The number of benzene rings is 1. The lowest BCUT2D eigenvalue weighted by molar-refractivity contribution is -0.144. The Morgan fingerprint density at radius 1 is 1.11 bits per heavy atom. The molecular formula is C26H39N3O6S. The van der Waals surface area contributed by atoms with Gasteiger partial charge in [-0.3, -0.25) is 14.4 Å². The topological polar surface area (TPSA) is 117 Å². The number of thioether (sulfide) groups is 1. The molecule has 2 heterocycles. The van der Waals surface area contributed by atoms with Crippen molar-refractivity contribution < 1.29 is 29.0 Å². The van der Waals surface area contributed by atoms with Crippen LogP contribution in [0.4, 0.5) is 0 Å². The maximum absolute atomic E-state index is 13.5. The fourth-order valence-electron chi connectivity index (χ4n) is 4.22. The van der Waals surface area contributed by atoms with Crippen LogP contribution in [0.15, 0.2) is 30.3 Å². The van der Waals surface area contributed by atoms with Crippen LogP contribution in [0.1, 0.15) is 45.1 Å². The number of rotatable bonds is 13. The molecule has 2 fully saturated rings. The summed E-state index contributed by atoms with van der Waals surface area (Å²) in [5.74, 6) is -0.987. The standard InChI is InChI=1S/C26H39N3O6S/c1-18(2)36-17-29(16-23(30)27-15-20-10-6-12-34-20)26(33)24(31)21(14-19-8-4-3-5-9-19)28-25(32)22-11-7-13-35-22/h3-5,8-9,18,20-22,24,31H,6-7,10-17H2,1-2H3,(H,27,30)(H,28,32)/t20-,21+,22+,24+/m1/s1. The van der Waals surface area contributed by atoms with Crippen molar-refractivity contribution in [2.24, 2.45) is 0 Å². The highest BCUT2D eigenvalue weighted by molar-refractivity contribution is 7.99. The fourth-order valence-corrected chi connectivity index (χ4v) is 4.91. The molecule has 0 radical (unpaired) electrons. The van der Waals surface area contributed by atoms with E-state index in [9.17, 15) is 19.5 Å². The van der Waals surface area contributed by atoms with Crippen molar-refractivity contribution in [2.75, 3.05) is 32.2 Å². The summed E-state index contributed by atoms with van der Waals surface area (Å²) < 4.78 is 11.0. The molecule has 0 bridgehead atoms. The minimum absolute atomic E-state index is 0.00278. The summed E-state index contributed by atoms with van der Waals surface area (Å²) in [7, 11) is 0. The Morgan fingerprint density at radius 2 is 1.83 bits per heavy atom. The first-order chi connectivity index (χ1) is 17.3. The predicted octanol–water partition coefficient (Wildman–Crippen LogP) is 1.48. The highest BCUT2D eigenvalue weighted by Gasteiger charge is 2.34. The van der Waals surface area contributed by atoms with Crippen molar-refractivity contribution in [3.8, 4) is 0 Å². The van der Waals surface area contributed by atoms with Crippen LogP contribution in [-0.4, -0.2) is 89.5 Å². The number of nitrogens with one attached hydrogen (secondary N) is 2. The van der Waals surface area contributed by atoms with E-state index in [1.54, 1.807) is 0 Å². The van der Waals surface area contributed by atoms with Gasteiger partial charge >= 0.3 is 0 Å². The first-order valence-corrected chi connectivity index (χ1v) is 13.8. The zero-order valence-electron chi connectivity index (χ0n) is 21.2. The van der Waals surface area contributed by atoms with Crippen molar-refractivity contribution in [3.63, 3.8) is 0 Å². The Bertz CT molecular complexity index is 843. The maximum atomic E-state index is 13.5. The molecular weight excluding hydrogens is 482 g/mol. The average Bonchev–Trinajstić information content (AvgIpc) is 3.59. The van der Waals surface area contributed by atoms with E-state index in [1.165, 1.54) is 16.7 Å². The number of nitrogens with zero attached hydrogens (tertiary/aromatic N) is 1. The molecule has 0 aliphatic carbocycles. The van der Waals surface area contributed by atoms with Gasteiger partial charge in [-0.15, -0.1) is 11.8 Å². The Morgan fingerprint density at radius 3 is 2.47 bits per heavy atom. The third kappa shape index (κ3) is 9.06. The zero-order chi connectivity index (χ0) is 25.9. The number of ether oxygens (including phenoxy) is 2. The number of aliphatic hydroxyl groups excluding tert-OH is 1. The third-order valence-electron chi connectivity index (χ3n) is 6.24. The second-order valence-electron chi connectivity index (χ2n) is 9.57. The van der Waals surface area contributed by atoms with Crippen molar-refractivity contribution in [1.29, 1.82) is 0 Å². The number of hydrogen-bond acceptors (Lipinski definition) is 7. The van der Waals surface area contributed by atoms with Crippen LogP contribution in [0.2, 0.25) is 0 Å². The van der Waals surface area contributed by atoms with E-state index in [4.69, 9.17) is 9.47 Å². The molecule has 200 valence electrons. The number of hydrogen-bond donors (Lipinski definition) is 3. The molecule has 1 aromatic rings. The van der Waals surface area contributed by atoms with E-state index >= 15 is 0 Å². The van der Waals surface area contributed by atoms with Crippen LogP contribution in [0.3, 0.4) is 0 Å². The van der Waals surface area contributed by atoms with Gasteiger partial charge in [-0.2, -0.15) is 0 Å². The molecule has 2 aliphatic rings. The average molecular weight is 522 g/mol. The largest absolute Gasteiger partial charge is 0.381 e. The second kappa shape index (κ2) is 14.6. The van der Waals surface area contributed by atoms with Gasteiger partial charge in [-0.05, 0) is 37.7 Å². The smallest absolute Gasteiger partial charge is 0.254 e. The van der Waals surface area contributed by atoms with E-state index in [0.717, 1.165) is 24.8 Å². The number of amides is 3. The molecule has 2 aliphatic heterocycles. The van der Waals surface area contributed by atoms with E-state index in [0.29, 0.717) is 26.2 Å². The molecule has 10 heteroatoms. The summed E-state index contributed by atoms with van der Waals surface area (Å²) in [5.41, 5.74) is 0.874. The van der Waals surface area contributed by atoms with Crippen molar-refractivity contribution in [3.05, 3.63) is 35.9 Å². The molecule has 0 spiro atoms. The van der Waals surface area contributed by atoms with Crippen LogP contribution in [0.5, 0.6) is 0 Å². The second-order valence-corrected chi connectivity index (χ2v) is 11.1. The quantitative estimate of drug-likeness (QED) is 0.337. The first-order valence-electron chi connectivity index (χ1n) is 12.8. The van der Waals surface area contributed by atoms with E-state index in [-0.39, 0.29) is 42.0 Å². The Hall–Kier alpha value is -2.14. The normalized spacial score (nSPS) is 21.2. The van der Waals surface area contributed by atoms with Gasteiger partial charge in [0.1, 0.15) is 12.6 Å². The van der Waals surface area contributed by atoms with Crippen LogP contribution in [-0.2, 0) is 30.3 Å². The highest BCUT2D eigenvalue weighted by atomic mass is 32.2. The molecule has 0 saturated carbocycles.